The minimum absolute atomic E-state index is 0.0485. The highest BCUT2D eigenvalue weighted by Gasteiger charge is 2.34. The molecule has 1 heterocycles. The van der Waals surface area contributed by atoms with Crippen molar-refractivity contribution in [1.82, 2.24) is 4.31 Å². The van der Waals surface area contributed by atoms with Crippen molar-refractivity contribution < 1.29 is 13.3 Å². The van der Waals surface area contributed by atoms with Gasteiger partial charge in [0.05, 0.1) is 10.7 Å². The van der Waals surface area contributed by atoms with Gasteiger partial charge in [-0.15, -0.1) is 0 Å². The normalized spacial score (nSPS) is 16.5. The van der Waals surface area contributed by atoms with Crippen molar-refractivity contribution in [2.24, 2.45) is 5.92 Å². The van der Waals surface area contributed by atoms with E-state index in [1.165, 1.54) is 10.4 Å². The molecule has 21 heavy (non-hydrogen) atoms. The molecule has 0 unspecified atom stereocenters. The Morgan fingerprint density at radius 3 is 2.67 bits per heavy atom. The Bertz CT molecular complexity index is 639. The van der Waals surface area contributed by atoms with Crippen LogP contribution in [-0.4, -0.2) is 43.0 Å². The largest absolute Gasteiger partial charge is 0.379 e. The van der Waals surface area contributed by atoms with Crippen molar-refractivity contribution >= 4 is 21.4 Å². The molecule has 0 bridgehead atoms. The van der Waals surface area contributed by atoms with Gasteiger partial charge in [0.2, 0.25) is 10.0 Å². The minimum atomic E-state index is -3.11. The first-order valence-electron chi connectivity index (χ1n) is 6.80. The van der Waals surface area contributed by atoms with Gasteiger partial charge in [0.25, 0.3) is 5.69 Å². The third-order valence-corrected chi connectivity index (χ3v) is 5.43. The van der Waals surface area contributed by atoms with E-state index in [4.69, 9.17) is 0 Å². The van der Waals surface area contributed by atoms with Crippen molar-refractivity contribution in [2.45, 2.75) is 13.8 Å². The molecule has 1 aliphatic rings. The number of nitrogens with zero attached hydrogens (tertiary/aromatic N) is 2. The maximum absolute atomic E-state index is 11.6. The number of anilines is 1. The maximum atomic E-state index is 11.6. The first-order chi connectivity index (χ1) is 9.83. The lowest BCUT2D eigenvalue weighted by atomic mass is 10.0. The number of sulfonamides is 1. The standard InChI is InChI=1S/C13H19N3O4S/c1-3-21(19,20)15-8-11(9-15)7-14-12-5-4-10(2)6-13(12)16(17)18/h4-6,11,14H,3,7-9H2,1-2H3. The molecule has 8 heteroatoms. The van der Waals surface area contributed by atoms with Crippen LogP contribution in [0.1, 0.15) is 12.5 Å². The fourth-order valence-corrected chi connectivity index (χ4v) is 3.50. The molecule has 1 aliphatic heterocycles. The van der Waals surface area contributed by atoms with Gasteiger partial charge in [0.15, 0.2) is 0 Å². The molecule has 7 nitrogen and oxygen atoms in total. The van der Waals surface area contributed by atoms with Crippen LogP contribution < -0.4 is 5.32 Å². The number of benzene rings is 1. The Morgan fingerprint density at radius 2 is 2.10 bits per heavy atom. The summed E-state index contributed by atoms with van der Waals surface area (Å²) in [5, 5.41) is 14.1. The highest BCUT2D eigenvalue weighted by molar-refractivity contribution is 7.89. The fraction of sp³-hybridized carbons (Fsp3) is 0.538. The number of nitro benzene ring substituents is 1. The highest BCUT2D eigenvalue weighted by Crippen LogP contribution is 2.27. The monoisotopic (exact) mass is 313 g/mol. The number of nitro groups is 1. The Hall–Kier alpha value is -1.67. The van der Waals surface area contributed by atoms with E-state index in [0.29, 0.717) is 25.3 Å². The van der Waals surface area contributed by atoms with Gasteiger partial charge in [0, 0.05) is 31.6 Å². The van der Waals surface area contributed by atoms with Crippen molar-refractivity contribution in [2.75, 3.05) is 30.7 Å². The zero-order valence-electron chi connectivity index (χ0n) is 12.1. The molecule has 116 valence electrons. The molecular formula is C13H19N3O4S. The molecule has 0 aromatic heterocycles. The number of hydrogen-bond donors (Lipinski definition) is 1. The Kier molecular flexibility index (Phi) is 4.48. The van der Waals surface area contributed by atoms with Gasteiger partial charge in [-0.1, -0.05) is 6.07 Å². The molecule has 1 saturated heterocycles. The van der Waals surface area contributed by atoms with Crippen molar-refractivity contribution in [3.05, 3.63) is 33.9 Å². The average Bonchev–Trinajstić information content (AvgIpc) is 2.37. The molecule has 0 saturated carbocycles. The zero-order chi connectivity index (χ0) is 15.6. The number of nitrogens with one attached hydrogen (secondary N) is 1. The summed E-state index contributed by atoms with van der Waals surface area (Å²) in [6, 6.07) is 5.02. The third kappa shape index (κ3) is 3.51. The van der Waals surface area contributed by atoms with Gasteiger partial charge >= 0.3 is 0 Å². The van der Waals surface area contributed by atoms with E-state index >= 15 is 0 Å². The first-order valence-corrected chi connectivity index (χ1v) is 8.41. The fourth-order valence-electron chi connectivity index (χ4n) is 2.26. The second kappa shape index (κ2) is 5.98. The van der Waals surface area contributed by atoms with Gasteiger partial charge in [0.1, 0.15) is 5.69 Å². The van der Waals surface area contributed by atoms with Gasteiger partial charge in [-0.2, -0.15) is 0 Å². The molecule has 0 spiro atoms. The van der Waals surface area contributed by atoms with E-state index in [1.807, 2.05) is 6.07 Å². The smallest absolute Gasteiger partial charge is 0.292 e. The predicted octanol–water partition coefficient (Wildman–Crippen LogP) is 1.60. The minimum Gasteiger partial charge on any atom is -0.379 e. The summed E-state index contributed by atoms with van der Waals surface area (Å²) in [4.78, 5) is 10.6. The van der Waals surface area contributed by atoms with Crippen LogP contribution in [-0.2, 0) is 10.0 Å². The van der Waals surface area contributed by atoms with E-state index in [2.05, 4.69) is 5.32 Å². The van der Waals surface area contributed by atoms with Crippen LogP contribution in [0.4, 0.5) is 11.4 Å². The Labute approximate surface area is 124 Å². The molecule has 0 radical (unpaired) electrons. The van der Waals surface area contributed by atoms with Crippen molar-refractivity contribution in [3.8, 4) is 0 Å². The molecule has 0 aliphatic carbocycles. The molecule has 0 amide bonds. The Morgan fingerprint density at radius 1 is 1.43 bits per heavy atom. The van der Waals surface area contributed by atoms with Crippen LogP contribution in [0, 0.1) is 23.0 Å². The lowest BCUT2D eigenvalue weighted by Crippen LogP contribution is -2.52. The van der Waals surface area contributed by atoms with E-state index in [0.717, 1.165) is 5.56 Å². The summed E-state index contributed by atoms with van der Waals surface area (Å²) in [7, 11) is -3.11. The molecule has 1 aromatic rings. The van der Waals surface area contributed by atoms with Crippen LogP contribution in [0.15, 0.2) is 18.2 Å². The quantitative estimate of drug-likeness (QED) is 0.636. The van der Waals surface area contributed by atoms with E-state index in [-0.39, 0.29) is 17.4 Å². The van der Waals surface area contributed by atoms with Gasteiger partial charge < -0.3 is 5.32 Å². The molecule has 1 fully saturated rings. The summed E-state index contributed by atoms with van der Waals surface area (Å²) in [5.74, 6) is 0.295. The third-order valence-electron chi connectivity index (χ3n) is 3.61. The molecule has 2 rings (SSSR count). The van der Waals surface area contributed by atoms with E-state index < -0.39 is 14.9 Å². The van der Waals surface area contributed by atoms with Crippen molar-refractivity contribution in [3.63, 3.8) is 0 Å². The number of rotatable bonds is 6. The maximum Gasteiger partial charge on any atom is 0.292 e. The Balaban J connectivity index is 1.93. The van der Waals surface area contributed by atoms with E-state index in [9.17, 15) is 18.5 Å². The summed E-state index contributed by atoms with van der Waals surface area (Å²) in [6.07, 6.45) is 0. The molecule has 1 N–H and O–H groups in total. The van der Waals surface area contributed by atoms with Crippen LogP contribution in [0.25, 0.3) is 0 Å². The van der Waals surface area contributed by atoms with Gasteiger partial charge in [-0.25, -0.2) is 12.7 Å². The van der Waals surface area contributed by atoms with Crippen LogP contribution in [0.3, 0.4) is 0 Å². The van der Waals surface area contributed by atoms with Crippen LogP contribution >= 0.6 is 0 Å². The van der Waals surface area contributed by atoms with Crippen LogP contribution in [0.5, 0.6) is 0 Å². The lowest BCUT2D eigenvalue weighted by molar-refractivity contribution is -0.384. The summed E-state index contributed by atoms with van der Waals surface area (Å²) in [6.45, 7) is 4.90. The SMILES string of the molecule is CCS(=O)(=O)N1CC(CNc2ccc(C)cc2[N+](=O)[O-])C1. The summed E-state index contributed by atoms with van der Waals surface area (Å²) >= 11 is 0. The van der Waals surface area contributed by atoms with Crippen LogP contribution in [0.2, 0.25) is 0 Å². The van der Waals surface area contributed by atoms with E-state index in [1.54, 1.807) is 19.9 Å². The van der Waals surface area contributed by atoms with Gasteiger partial charge in [-0.05, 0) is 25.5 Å². The topological polar surface area (TPSA) is 92.6 Å². The second-order valence-corrected chi connectivity index (χ2v) is 7.50. The predicted molar refractivity (Wildman–Crippen MR) is 80.8 cm³/mol. The van der Waals surface area contributed by atoms with Crippen molar-refractivity contribution in [1.29, 1.82) is 0 Å². The summed E-state index contributed by atoms with van der Waals surface area (Å²) in [5.41, 5.74) is 1.35. The molecule has 1 aromatic carbocycles. The number of aryl methyl sites for hydroxylation is 1. The summed E-state index contributed by atoms with van der Waals surface area (Å²) < 4.78 is 24.6. The molecule has 0 atom stereocenters. The van der Waals surface area contributed by atoms with Gasteiger partial charge in [-0.3, -0.25) is 10.1 Å². The second-order valence-electron chi connectivity index (χ2n) is 5.24. The molecular weight excluding hydrogens is 294 g/mol. The zero-order valence-corrected chi connectivity index (χ0v) is 12.9. The number of hydrogen-bond acceptors (Lipinski definition) is 5. The average molecular weight is 313 g/mol. The highest BCUT2D eigenvalue weighted by atomic mass is 32.2. The first kappa shape index (κ1) is 15.7. The lowest BCUT2D eigenvalue weighted by Gasteiger charge is -2.38.